The van der Waals surface area contributed by atoms with Gasteiger partial charge in [0.25, 0.3) is 0 Å². The van der Waals surface area contributed by atoms with Gasteiger partial charge in [-0.25, -0.2) is 0 Å². The van der Waals surface area contributed by atoms with E-state index in [1.54, 1.807) is 14.2 Å². The maximum atomic E-state index is 5.30. The molecule has 0 atom stereocenters. The van der Waals surface area contributed by atoms with Crippen molar-refractivity contribution >= 4 is 31.9 Å². The molecule has 0 spiro atoms. The highest BCUT2D eigenvalue weighted by Gasteiger charge is 2.05. The molecule has 0 aliphatic heterocycles. The minimum Gasteiger partial charge on any atom is -0.493 e. The summed E-state index contributed by atoms with van der Waals surface area (Å²) in [5.74, 6) is 7.47. The molecule has 0 aliphatic carbocycles. The van der Waals surface area contributed by atoms with Gasteiger partial charge in [-0.3, -0.25) is 0 Å². The largest absolute Gasteiger partial charge is 0.493 e. The van der Waals surface area contributed by atoms with Gasteiger partial charge in [-0.05, 0) is 35.8 Å². The molecule has 0 aromatic heterocycles. The van der Waals surface area contributed by atoms with Crippen molar-refractivity contribution in [2.24, 2.45) is 0 Å². The van der Waals surface area contributed by atoms with Crippen LogP contribution in [-0.4, -0.2) is 24.9 Å². The maximum Gasteiger partial charge on any atom is 0.160 e. The van der Waals surface area contributed by atoms with Crippen LogP contribution in [0.3, 0.4) is 0 Å². The molecule has 0 aliphatic rings. The van der Waals surface area contributed by atoms with Crippen LogP contribution in [0, 0.1) is 11.8 Å². The average molecular weight is 388 g/mol. The highest BCUT2D eigenvalue weighted by atomic mass is 79.9. The SMILES string of the molecule is COc1ccc(C/C(=C\C#CCBr)CBr)cc1OC. The Labute approximate surface area is 131 Å². The summed E-state index contributed by atoms with van der Waals surface area (Å²) in [6.07, 6.45) is 2.79. The molecular weight excluding hydrogens is 372 g/mol. The number of alkyl halides is 2. The van der Waals surface area contributed by atoms with E-state index in [1.807, 2.05) is 24.3 Å². The molecule has 0 saturated carbocycles. The number of rotatable bonds is 5. The fourth-order valence-electron chi connectivity index (χ4n) is 1.58. The lowest BCUT2D eigenvalue weighted by Gasteiger charge is -2.10. The first kappa shape index (κ1) is 16.1. The fourth-order valence-corrected chi connectivity index (χ4v) is 2.10. The Balaban J connectivity index is 2.88. The average Bonchev–Trinajstić information content (AvgIpc) is 2.46. The third kappa shape index (κ3) is 5.30. The Kier molecular flexibility index (Phi) is 7.69. The Hall–Kier alpha value is -0.920. The minimum atomic E-state index is 0.690. The van der Waals surface area contributed by atoms with Crippen LogP contribution in [-0.2, 0) is 6.42 Å². The second-order valence-electron chi connectivity index (χ2n) is 3.76. The van der Waals surface area contributed by atoms with Crippen molar-refractivity contribution in [1.82, 2.24) is 0 Å². The summed E-state index contributed by atoms with van der Waals surface area (Å²) < 4.78 is 10.5. The van der Waals surface area contributed by atoms with E-state index in [-0.39, 0.29) is 0 Å². The first-order valence-electron chi connectivity index (χ1n) is 5.74. The molecule has 1 rings (SSSR count). The molecule has 4 heteroatoms. The maximum absolute atomic E-state index is 5.30. The second kappa shape index (κ2) is 9.06. The van der Waals surface area contributed by atoms with Crippen molar-refractivity contribution in [2.75, 3.05) is 24.9 Å². The topological polar surface area (TPSA) is 18.5 Å². The summed E-state index contributed by atoms with van der Waals surface area (Å²) in [7, 11) is 3.28. The normalized spacial score (nSPS) is 10.6. The number of benzene rings is 1. The zero-order chi connectivity index (χ0) is 14.1. The highest BCUT2D eigenvalue weighted by molar-refractivity contribution is 9.09. The van der Waals surface area contributed by atoms with Crippen LogP contribution in [0.15, 0.2) is 29.8 Å². The molecule has 0 bridgehead atoms. The van der Waals surface area contributed by atoms with Crippen LogP contribution in [0.1, 0.15) is 5.56 Å². The van der Waals surface area contributed by atoms with E-state index in [1.165, 1.54) is 11.1 Å². The van der Waals surface area contributed by atoms with E-state index in [2.05, 4.69) is 43.7 Å². The predicted octanol–water partition coefficient (Wildman–Crippen LogP) is 3.97. The van der Waals surface area contributed by atoms with Crippen LogP contribution in [0.4, 0.5) is 0 Å². The smallest absolute Gasteiger partial charge is 0.160 e. The zero-order valence-electron chi connectivity index (χ0n) is 11.0. The van der Waals surface area contributed by atoms with Gasteiger partial charge < -0.3 is 9.47 Å². The quantitative estimate of drug-likeness (QED) is 0.562. The Bertz CT molecular complexity index is 499. The van der Waals surface area contributed by atoms with Crippen molar-refractivity contribution in [2.45, 2.75) is 6.42 Å². The Morgan fingerprint density at radius 2 is 1.95 bits per heavy atom. The lowest BCUT2D eigenvalue weighted by Crippen LogP contribution is -1.95. The van der Waals surface area contributed by atoms with Gasteiger partial charge in [0.05, 0.1) is 19.5 Å². The Morgan fingerprint density at radius 1 is 1.21 bits per heavy atom. The molecule has 1 aromatic rings. The zero-order valence-corrected chi connectivity index (χ0v) is 14.2. The van der Waals surface area contributed by atoms with Gasteiger partial charge in [0, 0.05) is 5.33 Å². The summed E-state index contributed by atoms with van der Waals surface area (Å²) in [6, 6.07) is 5.95. The minimum absolute atomic E-state index is 0.690. The molecule has 0 unspecified atom stereocenters. The molecule has 0 fully saturated rings. The van der Waals surface area contributed by atoms with Crippen molar-refractivity contribution in [3.8, 4) is 23.3 Å². The van der Waals surface area contributed by atoms with Gasteiger partial charge in [0.2, 0.25) is 0 Å². The van der Waals surface area contributed by atoms with Crippen LogP contribution >= 0.6 is 31.9 Å². The summed E-state index contributed by atoms with van der Waals surface area (Å²) in [6.45, 7) is 0. The van der Waals surface area contributed by atoms with Gasteiger partial charge in [-0.15, -0.1) is 0 Å². The van der Waals surface area contributed by atoms with Gasteiger partial charge in [-0.2, -0.15) is 0 Å². The standard InChI is InChI=1S/C15H16Br2O2/c1-18-14-7-6-12(10-15(14)19-2)9-13(11-17)5-3-4-8-16/h5-7,10H,8-9,11H2,1-2H3/b13-5+. The lowest BCUT2D eigenvalue weighted by atomic mass is 10.1. The molecule has 2 nitrogen and oxygen atoms in total. The molecule has 0 N–H and O–H groups in total. The van der Waals surface area contributed by atoms with Crippen LogP contribution in [0.2, 0.25) is 0 Å². The summed E-state index contributed by atoms with van der Waals surface area (Å²) in [5.41, 5.74) is 2.39. The number of hydrogen-bond donors (Lipinski definition) is 0. The number of hydrogen-bond acceptors (Lipinski definition) is 2. The molecule has 0 radical (unpaired) electrons. The van der Waals surface area contributed by atoms with Crippen molar-refractivity contribution in [1.29, 1.82) is 0 Å². The van der Waals surface area contributed by atoms with Gasteiger partial charge >= 0.3 is 0 Å². The van der Waals surface area contributed by atoms with Gasteiger partial charge in [-0.1, -0.05) is 49.8 Å². The third-order valence-corrected chi connectivity index (χ3v) is 3.50. The second-order valence-corrected chi connectivity index (χ2v) is 4.88. The monoisotopic (exact) mass is 386 g/mol. The van der Waals surface area contributed by atoms with E-state index < -0.39 is 0 Å². The van der Waals surface area contributed by atoms with E-state index >= 15 is 0 Å². The highest BCUT2D eigenvalue weighted by Crippen LogP contribution is 2.28. The molecule has 1 aromatic carbocycles. The van der Waals surface area contributed by atoms with Crippen molar-refractivity contribution in [3.05, 3.63) is 35.4 Å². The molecular formula is C15H16Br2O2. The van der Waals surface area contributed by atoms with Crippen molar-refractivity contribution < 1.29 is 9.47 Å². The molecule has 102 valence electrons. The van der Waals surface area contributed by atoms with E-state index in [0.29, 0.717) is 5.33 Å². The fraction of sp³-hybridized carbons (Fsp3) is 0.333. The first-order valence-corrected chi connectivity index (χ1v) is 7.98. The van der Waals surface area contributed by atoms with Crippen LogP contribution in [0.5, 0.6) is 11.5 Å². The van der Waals surface area contributed by atoms with E-state index in [0.717, 1.165) is 23.2 Å². The van der Waals surface area contributed by atoms with E-state index in [9.17, 15) is 0 Å². The van der Waals surface area contributed by atoms with Gasteiger partial charge in [0.15, 0.2) is 11.5 Å². The number of allylic oxidation sites excluding steroid dienone is 2. The third-order valence-electron chi connectivity index (χ3n) is 2.50. The first-order chi connectivity index (χ1) is 9.24. The molecule has 0 heterocycles. The molecule has 0 saturated heterocycles. The van der Waals surface area contributed by atoms with Crippen LogP contribution in [0.25, 0.3) is 0 Å². The molecule has 0 amide bonds. The number of halogens is 2. The van der Waals surface area contributed by atoms with Crippen molar-refractivity contribution in [3.63, 3.8) is 0 Å². The molecule has 19 heavy (non-hydrogen) atoms. The number of ether oxygens (including phenoxy) is 2. The van der Waals surface area contributed by atoms with Gasteiger partial charge in [0.1, 0.15) is 0 Å². The summed E-state index contributed by atoms with van der Waals surface area (Å²) in [4.78, 5) is 0. The lowest BCUT2D eigenvalue weighted by molar-refractivity contribution is 0.354. The van der Waals surface area contributed by atoms with Crippen LogP contribution < -0.4 is 9.47 Å². The Morgan fingerprint density at radius 3 is 2.53 bits per heavy atom. The predicted molar refractivity (Wildman–Crippen MR) is 86.7 cm³/mol. The summed E-state index contributed by atoms with van der Waals surface area (Å²) in [5, 5.41) is 1.49. The number of methoxy groups -OCH3 is 2. The summed E-state index contributed by atoms with van der Waals surface area (Å²) >= 11 is 6.76. The van der Waals surface area contributed by atoms with E-state index in [4.69, 9.17) is 9.47 Å².